The molecule has 5 aromatic rings. The highest BCUT2D eigenvalue weighted by Crippen LogP contribution is 2.30. The van der Waals surface area contributed by atoms with E-state index in [4.69, 9.17) is 0 Å². The molecule has 168 valence electrons. The second-order valence-electron chi connectivity index (χ2n) is 7.72. The lowest BCUT2D eigenvalue weighted by Gasteiger charge is -2.11. The Morgan fingerprint density at radius 1 is 0.941 bits per heavy atom. The van der Waals surface area contributed by atoms with Crippen molar-refractivity contribution in [3.8, 4) is 22.4 Å². The van der Waals surface area contributed by atoms with Crippen LogP contribution in [0.3, 0.4) is 0 Å². The minimum absolute atomic E-state index is 0.0421. The van der Waals surface area contributed by atoms with Gasteiger partial charge in [-0.15, -0.1) is 0 Å². The molecular weight excluding hydrogens is 441 g/mol. The van der Waals surface area contributed by atoms with Crippen molar-refractivity contribution in [2.45, 2.75) is 6.92 Å². The van der Waals surface area contributed by atoms with Crippen molar-refractivity contribution in [2.24, 2.45) is 0 Å². The maximum atomic E-state index is 14.4. The summed E-state index contributed by atoms with van der Waals surface area (Å²) in [6.07, 6.45) is 2.96. The lowest BCUT2D eigenvalue weighted by molar-refractivity contribution is 0.102. The molecule has 0 saturated heterocycles. The van der Waals surface area contributed by atoms with Gasteiger partial charge in [-0.3, -0.25) is 4.79 Å². The van der Waals surface area contributed by atoms with Crippen molar-refractivity contribution < 1.29 is 18.0 Å². The van der Waals surface area contributed by atoms with Gasteiger partial charge in [-0.05, 0) is 66.6 Å². The Labute approximate surface area is 192 Å². The average molecular weight is 458 g/mol. The molecule has 34 heavy (non-hydrogen) atoms. The minimum Gasteiger partial charge on any atom is -0.322 e. The predicted molar refractivity (Wildman–Crippen MR) is 123 cm³/mol. The minimum atomic E-state index is -0.980. The van der Waals surface area contributed by atoms with Gasteiger partial charge in [0.15, 0.2) is 17.3 Å². The van der Waals surface area contributed by atoms with Crippen LogP contribution in [-0.2, 0) is 0 Å². The molecule has 0 unspecified atom stereocenters. The molecule has 5 rings (SSSR count). The van der Waals surface area contributed by atoms with E-state index in [-0.39, 0.29) is 11.5 Å². The molecule has 8 heteroatoms. The Balaban J connectivity index is 1.55. The summed E-state index contributed by atoms with van der Waals surface area (Å²) in [7, 11) is 0. The molecule has 0 atom stereocenters. The third kappa shape index (κ3) is 3.79. The normalized spacial score (nSPS) is 11.1. The Hall–Kier alpha value is -4.46. The maximum absolute atomic E-state index is 14.4. The van der Waals surface area contributed by atoms with Crippen LogP contribution < -0.4 is 5.32 Å². The summed E-state index contributed by atoms with van der Waals surface area (Å²) in [5, 5.41) is 7.03. The van der Waals surface area contributed by atoms with E-state index in [9.17, 15) is 18.0 Å². The third-order valence-electron chi connectivity index (χ3n) is 5.53. The number of hydrogen-bond acceptors (Lipinski definition) is 3. The number of carbonyl (C=O) groups is 1. The highest BCUT2D eigenvalue weighted by atomic mass is 19.2. The Kier molecular flexibility index (Phi) is 5.33. The molecule has 0 fully saturated rings. The van der Waals surface area contributed by atoms with E-state index in [0.29, 0.717) is 33.7 Å². The van der Waals surface area contributed by atoms with Crippen molar-refractivity contribution in [3.05, 3.63) is 108 Å². The first-order valence-corrected chi connectivity index (χ1v) is 10.4. The number of imidazole rings is 1. The monoisotopic (exact) mass is 458 g/mol. The summed E-state index contributed by atoms with van der Waals surface area (Å²) in [6.45, 7) is 1.81. The summed E-state index contributed by atoms with van der Waals surface area (Å²) in [5.74, 6) is -2.68. The molecule has 0 aliphatic rings. The Morgan fingerprint density at radius 3 is 2.53 bits per heavy atom. The van der Waals surface area contributed by atoms with Crippen molar-refractivity contribution in [3.63, 3.8) is 0 Å². The number of aryl methyl sites for hydroxylation is 1. The van der Waals surface area contributed by atoms with Gasteiger partial charge < -0.3 is 5.32 Å². The van der Waals surface area contributed by atoms with E-state index in [2.05, 4.69) is 15.4 Å². The van der Waals surface area contributed by atoms with Gasteiger partial charge in [0.05, 0.1) is 11.9 Å². The zero-order valence-corrected chi connectivity index (χ0v) is 17.9. The molecule has 0 saturated carbocycles. The lowest BCUT2D eigenvalue weighted by atomic mass is 10.00. The van der Waals surface area contributed by atoms with Gasteiger partial charge in [0.1, 0.15) is 5.82 Å². The van der Waals surface area contributed by atoms with Crippen LogP contribution in [0.5, 0.6) is 0 Å². The summed E-state index contributed by atoms with van der Waals surface area (Å²) in [6, 6.07) is 16.5. The molecule has 0 bridgehead atoms. The number of amides is 1. The zero-order chi connectivity index (χ0) is 23.8. The molecule has 5 nitrogen and oxygen atoms in total. The highest BCUT2D eigenvalue weighted by molar-refractivity contribution is 6.06. The smallest absolute Gasteiger partial charge is 0.255 e. The van der Waals surface area contributed by atoms with Crippen LogP contribution in [0.15, 0.2) is 79.1 Å². The topological polar surface area (TPSA) is 59.3 Å². The number of hydrogen-bond donors (Lipinski definition) is 1. The molecule has 0 aliphatic heterocycles. The van der Waals surface area contributed by atoms with Gasteiger partial charge >= 0.3 is 0 Å². The molecule has 0 aliphatic carbocycles. The Bertz CT molecular complexity index is 1540. The quantitative estimate of drug-likeness (QED) is 0.357. The zero-order valence-electron chi connectivity index (χ0n) is 17.9. The number of aromatic nitrogens is 3. The molecule has 0 spiro atoms. The third-order valence-corrected chi connectivity index (χ3v) is 5.53. The summed E-state index contributed by atoms with van der Waals surface area (Å²) in [5.41, 5.74) is 3.77. The van der Waals surface area contributed by atoms with Gasteiger partial charge in [-0.2, -0.15) is 5.10 Å². The van der Waals surface area contributed by atoms with Crippen LogP contribution in [0.25, 0.3) is 28.0 Å². The molecule has 0 radical (unpaired) electrons. The van der Waals surface area contributed by atoms with Crippen molar-refractivity contribution in [1.29, 1.82) is 0 Å². The van der Waals surface area contributed by atoms with Crippen molar-refractivity contribution >= 4 is 17.2 Å². The van der Waals surface area contributed by atoms with Crippen molar-refractivity contribution in [2.75, 3.05) is 5.32 Å². The summed E-state index contributed by atoms with van der Waals surface area (Å²) >= 11 is 0. The van der Waals surface area contributed by atoms with Crippen LogP contribution in [-0.4, -0.2) is 20.5 Å². The van der Waals surface area contributed by atoms with Crippen LogP contribution in [0.4, 0.5) is 18.9 Å². The molecule has 3 aromatic carbocycles. The number of halogens is 3. The number of nitrogens with zero attached hydrogens (tertiary/aromatic N) is 3. The van der Waals surface area contributed by atoms with Gasteiger partial charge in [-0.1, -0.05) is 18.2 Å². The number of anilines is 1. The molecule has 1 N–H and O–H groups in total. The molecule has 2 aromatic heterocycles. The van der Waals surface area contributed by atoms with Crippen LogP contribution in [0.2, 0.25) is 0 Å². The van der Waals surface area contributed by atoms with E-state index < -0.39 is 17.5 Å². The molecular formula is C26H17F3N4O. The van der Waals surface area contributed by atoms with Crippen LogP contribution >= 0.6 is 0 Å². The number of rotatable bonds is 4. The number of carbonyl (C=O) groups excluding carboxylic acids is 1. The summed E-state index contributed by atoms with van der Waals surface area (Å²) < 4.78 is 42.8. The van der Waals surface area contributed by atoms with Crippen LogP contribution in [0.1, 0.15) is 15.9 Å². The lowest BCUT2D eigenvalue weighted by Crippen LogP contribution is -2.13. The Morgan fingerprint density at radius 2 is 1.74 bits per heavy atom. The maximum Gasteiger partial charge on any atom is 0.255 e. The van der Waals surface area contributed by atoms with E-state index >= 15 is 0 Å². The van der Waals surface area contributed by atoms with E-state index in [1.165, 1.54) is 53.3 Å². The van der Waals surface area contributed by atoms with Gasteiger partial charge in [0.25, 0.3) is 5.91 Å². The van der Waals surface area contributed by atoms with Crippen molar-refractivity contribution in [1.82, 2.24) is 14.6 Å². The second kappa shape index (κ2) is 8.47. The fraction of sp³-hybridized carbons (Fsp3) is 0.0385. The first-order chi connectivity index (χ1) is 16.4. The number of benzene rings is 3. The molecule has 1 amide bonds. The largest absolute Gasteiger partial charge is 0.322 e. The van der Waals surface area contributed by atoms with E-state index in [1.54, 1.807) is 12.1 Å². The fourth-order valence-corrected chi connectivity index (χ4v) is 3.77. The van der Waals surface area contributed by atoms with E-state index in [1.807, 2.05) is 19.1 Å². The number of nitrogens with one attached hydrogen (secondary N) is 1. The predicted octanol–water partition coefficient (Wildman–Crippen LogP) is 6.04. The molecule has 2 heterocycles. The highest BCUT2D eigenvalue weighted by Gasteiger charge is 2.18. The SMILES string of the molecule is Cc1ccc(-c2ccnn3c(-c4cccc(F)c4F)cnc23)cc1C(=O)Nc1ccc(F)cc1. The first-order valence-electron chi connectivity index (χ1n) is 10.4. The van der Waals surface area contributed by atoms with Gasteiger partial charge in [-0.25, -0.2) is 22.7 Å². The average Bonchev–Trinajstić information content (AvgIpc) is 3.27. The second-order valence-corrected chi connectivity index (χ2v) is 7.72. The standard InChI is InChI=1S/C26H17F3N4O/c1-15-5-6-16(13-21(15)26(34)32-18-9-7-17(27)8-10-18)19-11-12-31-33-23(14-30-25(19)33)20-3-2-4-22(28)24(20)29/h2-14H,1H3,(H,32,34). The first kappa shape index (κ1) is 21.4. The van der Waals surface area contributed by atoms with Gasteiger partial charge in [0.2, 0.25) is 0 Å². The number of fused-ring (bicyclic) bond motifs is 1. The van der Waals surface area contributed by atoms with Gasteiger partial charge in [0, 0.05) is 28.6 Å². The summed E-state index contributed by atoms with van der Waals surface area (Å²) in [4.78, 5) is 17.3. The van der Waals surface area contributed by atoms with Crippen LogP contribution in [0, 0.1) is 24.4 Å². The van der Waals surface area contributed by atoms with E-state index in [0.717, 1.165) is 11.6 Å². The fourth-order valence-electron chi connectivity index (χ4n) is 3.77.